The highest BCUT2D eigenvalue weighted by Crippen LogP contribution is 2.33. The molecule has 0 saturated heterocycles. The molecule has 0 bridgehead atoms. The van der Waals surface area contributed by atoms with Gasteiger partial charge in [-0.25, -0.2) is 0 Å². The number of hydrogen-bond donors (Lipinski definition) is 2. The molecule has 0 aliphatic rings. The molecular formula is C13H14ClF3N2O2. The Morgan fingerprint density at radius 2 is 1.67 bits per heavy atom. The Labute approximate surface area is 124 Å². The fourth-order valence-electron chi connectivity index (χ4n) is 1.65. The lowest BCUT2D eigenvalue weighted by molar-refractivity contribution is -0.164. The quantitative estimate of drug-likeness (QED) is 0.895. The van der Waals surface area contributed by atoms with Crippen molar-refractivity contribution in [2.24, 2.45) is 0 Å². The Morgan fingerprint density at radius 1 is 1.14 bits per heavy atom. The van der Waals surface area contributed by atoms with Gasteiger partial charge < -0.3 is 10.6 Å². The van der Waals surface area contributed by atoms with Crippen LogP contribution in [0, 0.1) is 0 Å². The number of carbonyl (C=O) groups excluding carboxylic acids is 2. The summed E-state index contributed by atoms with van der Waals surface area (Å²) in [6.07, 6.45) is -4.67. The summed E-state index contributed by atoms with van der Waals surface area (Å²) in [6.45, 7) is 2.47. The predicted molar refractivity (Wildman–Crippen MR) is 71.7 cm³/mol. The lowest BCUT2D eigenvalue weighted by atomic mass is 10.1. The van der Waals surface area contributed by atoms with Crippen molar-refractivity contribution in [3.63, 3.8) is 0 Å². The Morgan fingerprint density at radius 3 is 2.10 bits per heavy atom. The fourth-order valence-corrected chi connectivity index (χ4v) is 1.77. The number of amides is 2. The summed E-state index contributed by atoms with van der Waals surface area (Å²) in [4.78, 5) is 22.5. The van der Waals surface area contributed by atoms with Gasteiger partial charge in [-0.15, -0.1) is 0 Å². The Balaban J connectivity index is 2.92. The summed E-state index contributed by atoms with van der Waals surface area (Å²) in [5.74, 6) is -1.44. The molecule has 2 amide bonds. The Kier molecular flexibility index (Phi) is 5.60. The lowest BCUT2D eigenvalue weighted by Gasteiger charge is -2.24. The first kappa shape index (κ1) is 17.3. The number of nitrogens with one attached hydrogen (secondary N) is 2. The number of benzene rings is 1. The first-order chi connectivity index (χ1) is 9.61. The average Bonchev–Trinajstić information content (AvgIpc) is 2.34. The molecular weight excluding hydrogens is 309 g/mol. The van der Waals surface area contributed by atoms with Crippen LogP contribution in [0.2, 0.25) is 5.02 Å². The van der Waals surface area contributed by atoms with Gasteiger partial charge in [0.25, 0.3) is 0 Å². The maximum atomic E-state index is 13.1. The number of alkyl halides is 3. The van der Waals surface area contributed by atoms with Gasteiger partial charge in [0.2, 0.25) is 11.8 Å². The predicted octanol–water partition coefficient (Wildman–Crippen LogP) is 2.58. The zero-order valence-corrected chi connectivity index (χ0v) is 12.0. The maximum Gasteiger partial charge on any atom is 0.412 e. The summed E-state index contributed by atoms with van der Waals surface area (Å²) < 4.78 is 39.2. The second-order valence-electron chi connectivity index (χ2n) is 4.46. The minimum absolute atomic E-state index is 0.143. The number of carbonyl (C=O) groups is 2. The van der Waals surface area contributed by atoms with E-state index < -0.39 is 30.1 Å². The van der Waals surface area contributed by atoms with E-state index in [1.54, 1.807) is 0 Å². The van der Waals surface area contributed by atoms with Gasteiger partial charge in [0, 0.05) is 11.9 Å². The molecule has 1 rings (SSSR count). The van der Waals surface area contributed by atoms with Crippen LogP contribution in [-0.4, -0.2) is 24.0 Å². The molecule has 21 heavy (non-hydrogen) atoms. The second kappa shape index (κ2) is 6.80. The van der Waals surface area contributed by atoms with E-state index in [1.165, 1.54) is 38.1 Å². The van der Waals surface area contributed by atoms with Gasteiger partial charge >= 0.3 is 6.18 Å². The zero-order valence-electron chi connectivity index (χ0n) is 11.3. The molecule has 116 valence electrons. The topological polar surface area (TPSA) is 58.2 Å². The monoisotopic (exact) mass is 322 g/mol. The zero-order chi connectivity index (χ0) is 16.2. The van der Waals surface area contributed by atoms with E-state index in [1.807, 2.05) is 5.32 Å². The molecule has 8 heteroatoms. The number of rotatable bonds is 4. The van der Waals surface area contributed by atoms with Gasteiger partial charge in [-0.3, -0.25) is 9.59 Å². The van der Waals surface area contributed by atoms with Gasteiger partial charge in [-0.2, -0.15) is 13.2 Å². The minimum Gasteiger partial charge on any atom is -0.345 e. The molecule has 1 aromatic carbocycles. The van der Waals surface area contributed by atoms with Crippen molar-refractivity contribution in [1.29, 1.82) is 0 Å². The average molecular weight is 323 g/mol. The van der Waals surface area contributed by atoms with Crippen molar-refractivity contribution in [2.75, 3.05) is 0 Å². The van der Waals surface area contributed by atoms with Crippen molar-refractivity contribution in [3.8, 4) is 0 Å². The third kappa shape index (κ3) is 5.26. The fraction of sp³-hybridized carbons (Fsp3) is 0.385. The molecule has 1 aromatic rings. The third-order valence-corrected chi connectivity index (χ3v) is 2.88. The van der Waals surface area contributed by atoms with Crippen LogP contribution < -0.4 is 10.6 Å². The molecule has 0 aromatic heterocycles. The molecule has 0 fully saturated rings. The summed E-state index contributed by atoms with van der Waals surface area (Å²) in [7, 11) is 0. The SMILES string of the molecule is CC(=O)NC(C)C(=O)NC(c1ccc(Cl)cc1)C(F)(F)F. The van der Waals surface area contributed by atoms with Crippen molar-refractivity contribution in [3.05, 3.63) is 34.9 Å². The van der Waals surface area contributed by atoms with Crippen molar-refractivity contribution in [2.45, 2.75) is 32.1 Å². The minimum atomic E-state index is -4.67. The standard InChI is InChI=1S/C13H14ClF3N2O2/c1-7(18-8(2)20)12(21)19-11(13(15,16)17)9-3-5-10(14)6-4-9/h3-7,11H,1-2H3,(H,18,20)(H,19,21). The van der Waals surface area contributed by atoms with Crippen molar-refractivity contribution in [1.82, 2.24) is 10.6 Å². The number of halogens is 4. The highest BCUT2D eigenvalue weighted by atomic mass is 35.5. The molecule has 0 saturated carbocycles. The van der Waals surface area contributed by atoms with Crippen LogP contribution in [-0.2, 0) is 9.59 Å². The molecule has 0 aliphatic heterocycles. The van der Waals surface area contributed by atoms with Gasteiger partial charge in [0.05, 0.1) is 0 Å². The van der Waals surface area contributed by atoms with Crippen LogP contribution in [0.15, 0.2) is 24.3 Å². The molecule has 0 radical (unpaired) electrons. The van der Waals surface area contributed by atoms with Crippen molar-refractivity contribution < 1.29 is 22.8 Å². The van der Waals surface area contributed by atoms with E-state index in [2.05, 4.69) is 5.32 Å². The molecule has 0 spiro atoms. The van der Waals surface area contributed by atoms with Crippen LogP contribution in [0.3, 0.4) is 0 Å². The first-order valence-corrected chi connectivity index (χ1v) is 6.38. The van der Waals surface area contributed by atoms with E-state index in [9.17, 15) is 22.8 Å². The smallest absolute Gasteiger partial charge is 0.345 e. The van der Waals surface area contributed by atoms with Gasteiger partial charge in [-0.05, 0) is 24.6 Å². The Hall–Kier alpha value is -1.76. The summed E-state index contributed by atoms with van der Waals surface area (Å²) in [6, 6.07) is 1.74. The third-order valence-electron chi connectivity index (χ3n) is 2.63. The van der Waals surface area contributed by atoms with E-state index in [-0.39, 0.29) is 10.6 Å². The van der Waals surface area contributed by atoms with Crippen LogP contribution in [0.25, 0.3) is 0 Å². The van der Waals surface area contributed by atoms with Crippen LogP contribution in [0.5, 0.6) is 0 Å². The lowest BCUT2D eigenvalue weighted by Crippen LogP contribution is -2.48. The van der Waals surface area contributed by atoms with Gasteiger partial charge in [-0.1, -0.05) is 23.7 Å². The van der Waals surface area contributed by atoms with E-state index >= 15 is 0 Å². The summed E-state index contributed by atoms with van der Waals surface area (Å²) in [5.41, 5.74) is -0.143. The molecule has 4 nitrogen and oxygen atoms in total. The van der Waals surface area contributed by atoms with Gasteiger partial charge in [0.1, 0.15) is 6.04 Å². The summed E-state index contributed by atoms with van der Waals surface area (Å²) in [5, 5.41) is 4.39. The largest absolute Gasteiger partial charge is 0.412 e. The van der Waals surface area contributed by atoms with E-state index in [0.717, 1.165) is 0 Å². The van der Waals surface area contributed by atoms with Gasteiger partial charge in [0.15, 0.2) is 6.04 Å². The van der Waals surface area contributed by atoms with E-state index in [0.29, 0.717) is 0 Å². The molecule has 0 heterocycles. The molecule has 2 N–H and O–H groups in total. The first-order valence-electron chi connectivity index (χ1n) is 6.01. The number of hydrogen-bond acceptors (Lipinski definition) is 2. The summed E-state index contributed by atoms with van der Waals surface area (Å²) >= 11 is 5.63. The van der Waals surface area contributed by atoms with Crippen LogP contribution >= 0.6 is 11.6 Å². The Bertz CT molecular complexity index is 517. The van der Waals surface area contributed by atoms with Crippen LogP contribution in [0.4, 0.5) is 13.2 Å². The van der Waals surface area contributed by atoms with Crippen LogP contribution in [0.1, 0.15) is 25.5 Å². The molecule has 2 unspecified atom stereocenters. The van der Waals surface area contributed by atoms with E-state index in [4.69, 9.17) is 11.6 Å². The highest BCUT2D eigenvalue weighted by molar-refractivity contribution is 6.30. The molecule has 2 atom stereocenters. The highest BCUT2D eigenvalue weighted by Gasteiger charge is 2.42. The normalized spacial score (nSPS) is 14.2. The van der Waals surface area contributed by atoms with Crippen molar-refractivity contribution >= 4 is 23.4 Å². The second-order valence-corrected chi connectivity index (χ2v) is 4.89. The maximum absolute atomic E-state index is 13.1. The molecule has 0 aliphatic carbocycles.